The molecule has 1 N–H and O–H groups in total. The van der Waals surface area contributed by atoms with E-state index in [4.69, 9.17) is 4.74 Å². The SMILES string of the molecule is COc1ccccc1N(CC(O)CN1CCN(CCN2CCCC2)CC1)S(=O)(=O)c1ccccc1. The van der Waals surface area contributed by atoms with Crippen LogP contribution in [0.5, 0.6) is 5.75 Å². The fourth-order valence-electron chi connectivity index (χ4n) is 4.91. The minimum absolute atomic E-state index is 0.0488. The molecule has 0 aromatic heterocycles. The van der Waals surface area contributed by atoms with Crippen molar-refractivity contribution in [1.29, 1.82) is 0 Å². The predicted molar refractivity (Wildman–Crippen MR) is 139 cm³/mol. The van der Waals surface area contributed by atoms with Crippen molar-refractivity contribution in [2.24, 2.45) is 0 Å². The van der Waals surface area contributed by atoms with Crippen LogP contribution < -0.4 is 9.04 Å². The summed E-state index contributed by atoms with van der Waals surface area (Å²) < 4.78 is 33.9. The number of para-hydroxylation sites is 2. The third kappa shape index (κ3) is 6.74. The average Bonchev–Trinajstić information content (AvgIpc) is 3.41. The van der Waals surface area contributed by atoms with E-state index in [0.717, 1.165) is 39.3 Å². The summed E-state index contributed by atoms with van der Waals surface area (Å²) >= 11 is 0. The lowest BCUT2D eigenvalue weighted by molar-refractivity contribution is 0.0736. The standard InChI is InChI=1S/C26H38N4O4S/c1-34-26-12-6-5-11-25(26)30(35(32,33)24-9-3-2-4-10-24)22-23(31)21-29-19-17-28(18-20-29)16-15-27-13-7-8-14-27/h2-6,9-12,23,31H,7-8,13-22H2,1H3. The first-order valence-electron chi connectivity index (χ1n) is 12.5. The molecule has 2 aromatic rings. The van der Waals surface area contributed by atoms with Gasteiger partial charge >= 0.3 is 0 Å². The molecule has 9 heteroatoms. The van der Waals surface area contributed by atoms with E-state index >= 15 is 0 Å². The van der Waals surface area contributed by atoms with Crippen molar-refractivity contribution in [2.45, 2.75) is 23.8 Å². The molecule has 0 bridgehead atoms. The molecule has 0 saturated carbocycles. The maximum absolute atomic E-state index is 13.6. The minimum atomic E-state index is -3.88. The Balaban J connectivity index is 1.39. The Labute approximate surface area is 209 Å². The predicted octanol–water partition coefficient (Wildman–Crippen LogP) is 1.96. The second-order valence-corrected chi connectivity index (χ2v) is 11.2. The molecule has 1 unspecified atom stereocenters. The van der Waals surface area contributed by atoms with Gasteiger partial charge in [0.05, 0.1) is 30.3 Å². The zero-order valence-corrected chi connectivity index (χ0v) is 21.4. The summed E-state index contributed by atoms with van der Waals surface area (Å²) in [5.41, 5.74) is 0.421. The number of hydrogen-bond acceptors (Lipinski definition) is 7. The molecular formula is C26H38N4O4S. The minimum Gasteiger partial charge on any atom is -0.495 e. The van der Waals surface area contributed by atoms with E-state index in [1.54, 1.807) is 54.6 Å². The first kappa shape index (κ1) is 25.9. The van der Waals surface area contributed by atoms with Crippen LogP contribution in [0.3, 0.4) is 0 Å². The number of methoxy groups -OCH3 is 1. The molecule has 8 nitrogen and oxygen atoms in total. The lowest BCUT2D eigenvalue weighted by Gasteiger charge is -2.37. The molecule has 0 radical (unpaired) electrons. The van der Waals surface area contributed by atoms with E-state index in [-0.39, 0.29) is 11.4 Å². The van der Waals surface area contributed by atoms with Crippen molar-refractivity contribution in [3.05, 3.63) is 54.6 Å². The van der Waals surface area contributed by atoms with Gasteiger partial charge in [-0.05, 0) is 50.2 Å². The molecule has 0 amide bonds. The molecule has 4 rings (SSSR count). The molecule has 2 fully saturated rings. The summed E-state index contributed by atoms with van der Waals surface area (Å²) in [6.45, 7) is 8.73. The molecule has 35 heavy (non-hydrogen) atoms. The zero-order chi connectivity index (χ0) is 24.7. The Morgan fingerprint density at radius 3 is 2.09 bits per heavy atom. The maximum atomic E-state index is 13.6. The Hall–Kier alpha value is -2.17. The van der Waals surface area contributed by atoms with Crippen molar-refractivity contribution in [3.8, 4) is 5.75 Å². The lowest BCUT2D eigenvalue weighted by atomic mass is 10.2. The van der Waals surface area contributed by atoms with Gasteiger partial charge in [-0.3, -0.25) is 14.1 Å². The van der Waals surface area contributed by atoms with E-state index in [1.165, 1.54) is 37.3 Å². The number of ether oxygens (including phenoxy) is 1. The third-order valence-electron chi connectivity index (χ3n) is 6.93. The molecule has 2 heterocycles. The number of aliphatic hydroxyl groups excluding tert-OH is 1. The number of sulfonamides is 1. The average molecular weight is 503 g/mol. The quantitative estimate of drug-likeness (QED) is 0.503. The van der Waals surface area contributed by atoms with Gasteiger partial charge in [-0.15, -0.1) is 0 Å². The second kappa shape index (κ2) is 12.2. The highest BCUT2D eigenvalue weighted by Gasteiger charge is 2.30. The van der Waals surface area contributed by atoms with Gasteiger partial charge < -0.3 is 14.7 Å². The van der Waals surface area contributed by atoms with Crippen LogP contribution in [0.2, 0.25) is 0 Å². The lowest BCUT2D eigenvalue weighted by Crippen LogP contribution is -2.51. The number of likely N-dealkylation sites (tertiary alicyclic amines) is 1. The number of anilines is 1. The van der Waals surface area contributed by atoms with Crippen LogP contribution in [0.1, 0.15) is 12.8 Å². The Kier molecular flexibility index (Phi) is 9.02. The maximum Gasteiger partial charge on any atom is 0.264 e. The molecule has 2 aromatic carbocycles. The molecule has 1 atom stereocenters. The smallest absolute Gasteiger partial charge is 0.264 e. The van der Waals surface area contributed by atoms with E-state index in [1.807, 2.05) is 0 Å². The van der Waals surface area contributed by atoms with Crippen molar-refractivity contribution < 1.29 is 18.3 Å². The van der Waals surface area contributed by atoms with Crippen molar-refractivity contribution >= 4 is 15.7 Å². The van der Waals surface area contributed by atoms with Crippen molar-refractivity contribution in [2.75, 3.05) is 76.9 Å². The number of piperazine rings is 1. The number of β-amino-alcohol motifs (C(OH)–C–C–N with tert-alkyl or cyclic N) is 1. The second-order valence-electron chi connectivity index (χ2n) is 9.37. The highest BCUT2D eigenvalue weighted by Crippen LogP contribution is 2.32. The zero-order valence-electron chi connectivity index (χ0n) is 20.6. The Bertz CT molecular complexity index is 1020. The van der Waals surface area contributed by atoms with Gasteiger partial charge in [-0.25, -0.2) is 8.42 Å². The van der Waals surface area contributed by atoms with Crippen molar-refractivity contribution in [3.63, 3.8) is 0 Å². The summed E-state index contributed by atoms with van der Waals surface area (Å²) in [6.07, 6.45) is 1.80. The monoisotopic (exact) mass is 502 g/mol. The van der Waals surface area contributed by atoms with Gasteiger partial charge in [0, 0.05) is 45.8 Å². The summed E-state index contributed by atoms with van der Waals surface area (Å²) in [5.74, 6) is 0.450. The fourth-order valence-corrected chi connectivity index (χ4v) is 6.45. The largest absolute Gasteiger partial charge is 0.495 e. The summed E-state index contributed by atoms with van der Waals surface area (Å²) in [4.78, 5) is 7.44. The molecule has 192 valence electrons. The van der Waals surface area contributed by atoms with E-state index in [2.05, 4.69) is 14.7 Å². The van der Waals surface area contributed by atoms with E-state index in [0.29, 0.717) is 18.0 Å². The normalized spacial score (nSPS) is 19.0. The summed E-state index contributed by atoms with van der Waals surface area (Å²) in [6, 6.07) is 15.4. The third-order valence-corrected chi connectivity index (χ3v) is 8.72. The van der Waals surface area contributed by atoms with Gasteiger partial charge in [0.1, 0.15) is 5.75 Å². The van der Waals surface area contributed by atoms with Crippen LogP contribution in [-0.4, -0.2) is 107 Å². The molecule has 2 saturated heterocycles. The number of benzene rings is 2. The van der Waals surface area contributed by atoms with Gasteiger partial charge in [0.2, 0.25) is 0 Å². The van der Waals surface area contributed by atoms with Gasteiger partial charge in [0.25, 0.3) is 10.0 Å². The highest BCUT2D eigenvalue weighted by atomic mass is 32.2. The van der Waals surface area contributed by atoms with Gasteiger partial charge in [-0.1, -0.05) is 30.3 Å². The Morgan fingerprint density at radius 2 is 1.43 bits per heavy atom. The highest BCUT2D eigenvalue weighted by molar-refractivity contribution is 7.92. The first-order valence-corrected chi connectivity index (χ1v) is 14.0. The van der Waals surface area contributed by atoms with E-state index < -0.39 is 16.1 Å². The van der Waals surface area contributed by atoms with Crippen LogP contribution in [0.15, 0.2) is 59.5 Å². The number of aliphatic hydroxyl groups is 1. The molecule has 0 spiro atoms. The van der Waals surface area contributed by atoms with Gasteiger partial charge in [0.15, 0.2) is 0 Å². The van der Waals surface area contributed by atoms with Crippen LogP contribution >= 0.6 is 0 Å². The number of hydrogen-bond donors (Lipinski definition) is 1. The van der Waals surface area contributed by atoms with E-state index in [9.17, 15) is 13.5 Å². The molecule has 2 aliphatic rings. The first-order chi connectivity index (χ1) is 17.0. The number of rotatable bonds is 11. The van der Waals surface area contributed by atoms with Gasteiger partial charge in [-0.2, -0.15) is 0 Å². The molecular weight excluding hydrogens is 464 g/mol. The summed E-state index contributed by atoms with van der Waals surface area (Å²) in [7, 11) is -2.37. The van der Waals surface area contributed by atoms with Crippen LogP contribution in [-0.2, 0) is 10.0 Å². The van der Waals surface area contributed by atoms with Crippen LogP contribution in [0.4, 0.5) is 5.69 Å². The number of nitrogens with zero attached hydrogens (tertiary/aromatic N) is 4. The van der Waals surface area contributed by atoms with Crippen molar-refractivity contribution in [1.82, 2.24) is 14.7 Å². The molecule has 2 aliphatic heterocycles. The fraction of sp³-hybridized carbons (Fsp3) is 0.538. The molecule has 0 aliphatic carbocycles. The Morgan fingerprint density at radius 1 is 0.857 bits per heavy atom. The topological polar surface area (TPSA) is 76.6 Å². The summed E-state index contributed by atoms with van der Waals surface area (Å²) in [5, 5.41) is 11.0. The van der Waals surface area contributed by atoms with Crippen LogP contribution in [0, 0.1) is 0 Å². The van der Waals surface area contributed by atoms with Crippen LogP contribution in [0.25, 0.3) is 0 Å².